The van der Waals surface area contributed by atoms with E-state index in [1.165, 1.54) is 0 Å². The van der Waals surface area contributed by atoms with Gasteiger partial charge in [0.05, 0.1) is 0 Å². The third-order valence-electron chi connectivity index (χ3n) is 4.13. The Labute approximate surface area is 165 Å². The second-order valence-electron chi connectivity index (χ2n) is 7.71. The molecule has 4 N–H and O–H groups in total. The Bertz CT molecular complexity index is 782. The van der Waals surface area contributed by atoms with Crippen LogP contribution in [0.25, 0.3) is 0 Å². The number of hydrogen-bond acceptors (Lipinski definition) is 5. The Hall–Kier alpha value is -2.70. The van der Waals surface area contributed by atoms with Crippen LogP contribution in [-0.2, 0) is 27.3 Å². The molecule has 2 atom stereocenters. The normalized spacial score (nSPS) is 13.6. The van der Waals surface area contributed by atoms with Gasteiger partial charge in [0.15, 0.2) is 0 Å². The van der Waals surface area contributed by atoms with Crippen molar-refractivity contribution >= 4 is 11.9 Å². The van der Waals surface area contributed by atoms with E-state index >= 15 is 0 Å². The van der Waals surface area contributed by atoms with Crippen molar-refractivity contribution < 1.29 is 19.4 Å². The minimum Gasteiger partial charge on any atom is -0.480 e. The third kappa shape index (κ3) is 6.79. The smallest absolute Gasteiger partial charge is 0.328 e. The molecule has 0 saturated carbocycles. The number of carbonyl (C=O) groups excluding carboxylic acids is 1. The van der Waals surface area contributed by atoms with Gasteiger partial charge < -0.3 is 20.9 Å². The highest BCUT2D eigenvalue weighted by atomic mass is 16.6. The fourth-order valence-corrected chi connectivity index (χ4v) is 2.68. The number of benzene rings is 2. The molecule has 150 valence electrons. The molecule has 0 aromatic heterocycles. The predicted octanol–water partition coefficient (Wildman–Crippen LogP) is 2.81. The number of ether oxygens (including phenoxy) is 1. The van der Waals surface area contributed by atoms with Crippen LogP contribution < -0.4 is 11.1 Å². The van der Waals surface area contributed by atoms with Crippen molar-refractivity contribution in [3.63, 3.8) is 0 Å². The lowest BCUT2D eigenvalue weighted by molar-refractivity contribution is -0.156. The average Bonchev–Trinajstić information content (AvgIpc) is 2.64. The van der Waals surface area contributed by atoms with Gasteiger partial charge in [0.1, 0.15) is 17.7 Å². The summed E-state index contributed by atoms with van der Waals surface area (Å²) in [5.74, 6) is -1.38. The second kappa shape index (κ2) is 9.48. The maximum absolute atomic E-state index is 12.1. The monoisotopic (exact) mass is 384 g/mol. The van der Waals surface area contributed by atoms with Gasteiger partial charge >= 0.3 is 11.9 Å². The largest absolute Gasteiger partial charge is 0.480 e. The lowest BCUT2D eigenvalue weighted by atomic mass is 10.0. The molecule has 28 heavy (non-hydrogen) atoms. The van der Waals surface area contributed by atoms with Crippen molar-refractivity contribution in [3.05, 3.63) is 71.3 Å². The molecule has 0 radical (unpaired) electrons. The molecule has 0 saturated heterocycles. The van der Waals surface area contributed by atoms with Crippen molar-refractivity contribution in [3.8, 4) is 0 Å². The van der Waals surface area contributed by atoms with E-state index in [1.54, 1.807) is 32.9 Å². The van der Waals surface area contributed by atoms with Crippen LogP contribution in [0.5, 0.6) is 0 Å². The molecule has 0 heterocycles. The highest BCUT2D eigenvalue weighted by Gasteiger charge is 2.23. The van der Waals surface area contributed by atoms with E-state index < -0.39 is 29.6 Å². The van der Waals surface area contributed by atoms with E-state index in [9.17, 15) is 14.7 Å². The molecule has 2 aromatic carbocycles. The average molecular weight is 384 g/mol. The number of nitrogens with one attached hydrogen (secondary N) is 1. The van der Waals surface area contributed by atoms with Crippen LogP contribution in [0, 0.1) is 0 Å². The van der Waals surface area contributed by atoms with Crippen LogP contribution >= 0.6 is 0 Å². The molecule has 6 heteroatoms. The number of rotatable bonds is 8. The van der Waals surface area contributed by atoms with Crippen LogP contribution in [0.15, 0.2) is 54.6 Å². The topological polar surface area (TPSA) is 102 Å². The number of esters is 1. The molecular formula is C22H28N2O4. The Balaban J connectivity index is 1.95. The zero-order valence-corrected chi connectivity index (χ0v) is 16.5. The first-order chi connectivity index (χ1) is 13.2. The van der Waals surface area contributed by atoms with Gasteiger partial charge in [-0.15, -0.1) is 0 Å². The van der Waals surface area contributed by atoms with Gasteiger partial charge in [-0.25, -0.2) is 4.79 Å². The highest BCUT2D eigenvalue weighted by molar-refractivity contribution is 5.77. The van der Waals surface area contributed by atoms with E-state index in [-0.39, 0.29) is 0 Å². The summed E-state index contributed by atoms with van der Waals surface area (Å²) in [6, 6.07) is 15.1. The van der Waals surface area contributed by atoms with Crippen molar-refractivity contribution in [2.75, 3.05) is 0 Å². The lowest BCUT2D eigenvalue weighted by Gasteiger charge is -2.22. The Morgan fingerprint density at radius 2 is 1.64 bits per heavy atom. The minimum atomic E-state index is -0.896. The maximum Gasteiger partial charge on any atom is 0.328 e. The minimum absolute atomic E-state index is 0.395. The highest BCUT2D eigenvalue weighted by Crippen LogP contribution is 2.17. The van der Waals surface area contributed by atoms with Crippen molar-refractivity contribution in [1.29, 1.82) is 0 Å². The molecule has 2 aromatic rings. The van der Waals surface area contributed by atoms with E-state index in [4.69, 9.17) is 10.5 Å². The van der Waals surface area contributed by atoms with E-state index in [1.807, 2.05) is 42.5 Å². The lowest BCUT2D eigenvalue weighted by Crippen LogP contribution is -2.38. The summed E-state index contributed by atoms with van der Waals surface area (Å²) >= 11 is 0. The summed E-state index contributed by atoms with van der Waals surface area (Å²) in [4.78, 5) is 23.6. The molecule has 1 unspecified atom stereocenters. The van der Waals surface area contributed by atoms with Gasteiger partial charge in [0, 0.05) is 6.54 Å². The van der Waals surface area contributed by atoms with Crippen LogP contribution in [0.3, 0.4) is 0 Å². The first-order valence-electron chi connectivity index (χ1n) is 9.23. The summed E-state index contributed by atoms with van der Waals surface area (Å²) in [5.41, 5.74) is 7.89. The number of carbonyl (C=O) groups is 2. The number of aliphatic carboxylic acids is 1. The number of carboxylic acid groups (broad SMARTS) is 1. The van der Waals surface area contributed by atoms with Crippen LogP contribution in [0.1, 0.15) is 43.5 Å². The van der Waals surface area contributed by atoms with Crippen molar-refractivity contribution in [1.82, 2.24) is 5.32 Å². The van der Waals surface area contributed by atoms with Crippen molar-refractivity contribution in [2.45, 2.75) is 51.4 Å². The van der Waals surface area contributed by atoms with Gasteiger partial charge in [-0.3, -0.25) is 4.79 Å². The standard InChI is InChI=1S/C22H28N2O4/c1-22(2,3)28-21(27)19(23)17-11-9-16(10-12-17)14-24-18(20(25)26)13-15-7-5-4-6-8-15/h4-12,18-19,24H,13-14,23H2,1-3H3,(H,25,26)/t18-,19?/m0/s1. The SMILES string of the molecule is CC(C)(C)OC(=O)C(N)c1ccc(CN[C@@H](Cc2ccccc2)C(=O)O)cc1. The fourth-order valence-electron chi connectivity index (χ4n) is 2.68. The van der Waals surface area contributed by atoms with Crippen molar-refractivity contribution in [2.24, 2.45) is 5.73 Å². The number of carboxylic acids is 1. The zero-order valence-electron chi connectivity index (χ0n) is 16.5. The molecule has 0 fully saturated rings. The van der Waals surface area contributed by atoms with Gasteiger partial charge in [0.25, 0.3) is 0 Å². The Morgan fingerprint density at radius 1 is 1.04 bits per heavy atom. The van der Waals surface area contributed by atoms with Gasteiger partial charge in [-0.1, -0.05) is 54.6 Å². The fraction of sp³-hybridized carbons (Fsp3) is 0.364. The van der Waals surface area contributed by atoms with Gasteiger partial charge in [-0.05, 0) is 43.9 Å². The summed E-state index contributed by atoms with van der Waals surface area (Å²) in [7, 11) is 0. The Kier molecular flexibility index (Phi) is 7.31. The molecule has 0 aliphatic heterocycles. The van der Waals surface area contributed by atoms with Gasteiger partial charge in [0.2, 0.25) is 0 Å². The molecule has 0 aliphatic carbocycles. The second-order valence-corrected chi connectivity index (χ2v) is 7.71. The summed E-state index contributed by atoms with van der Waals surface area (Å²) < 4.78 is 5.30. The number of hydrogen-bond donors (Lipinski definition) is 3. The molecule has 6 nitrogen and oxygen atoms in total. The molecule has 2 rings (SSSR count). The summed E-state index contributed by atoms with van der Waals surface area (Å²) in [5, 5.41) is 12.5. The summed E-state index contributed by atoms with van der Waals surface area (Å²) in [6.45, 7) is 5.77. The summed E-state index contributed by atoms with van der Waals surface area (Å²) in [6.07, 6.45) is 0.401. The number of nitrogens with two attached hydrogens (primary N) is 1. The van der Waals surface area contributed by atoms with Crippen LogP contribution in [0.2, 0.25) is 0 Å². The third-order valence-corrected chi connectivity index (χ3v) is 4.13. The zero-order chi connectivity index (χ0) is 20.7. The molecule has 0 spiro atoms. The van der Waals surface area contributed by atoms with E-state index in [0.29, 0.717) is 18.5 Å². The first kappa shape index (κ1) is 21.6. The molecule has 0 amide bonds. The molecular weight excluding hydrogens is 356 g/mol. The Morgan fingerprint density at radius 3 is 2.18 bits per heavy atom. The first-order valence-corrected chi connectivity index (χ1v) is 9.23. The van der Waals surface area contributed by atoms with Crippen LogP contribution in [0.4, 0.5) is 0 Å². The maximum atomic E-state index is 12.1. The van der Waals surface area contributed by atoms with Crippen LogP contribution in [-0.4, -0.2) is 28.7 Å². The molecule has 0 aliphatic rings. The van der Waals surface area contributed by atoms with Gasteiger partial charge in [-0.2, -0.15) is 0 Å². The quantitative estimate of drug-likeness (QED) is 0.605. The van der Waals surface area contributed by atoms with E-state index in [0.717, 1.165) is 11.1 Å². The van der Waals surface area contributed by atoms with E-state index in [2.05, 4.69) is 5.32 Å². The molecule has 0 bridgehead atoms. The predicted molar refractivity (Wildman–Crippen MR) is 108 cm³/mol.